The summed E-state index contributed by atoms with van der Waals surface area (Å²) >= 11 is 0. The monoisotopic (exact) mass is 409 g/mol. The van der Waals surface area contributed by atoms with Crippen molar-refractivity contribution in [3.05, 3.63) is 30.1 Å². The van der Waals surface area contributed by atoms with Crippen molar-refractivity contribution in [1.29, 1.82) is 0 Å². The van der Waals surface area contributed by atoms with Gasteiger partial charge in [-0.25, -0.2) is 4.79 Å². The van der Waals surface area contributed by atoms with Crippen LogP contribution in [0.4, 0.5) is 23.7 Å². The zero-order valence-corrected chi connectivity index (χ0v) is 16.2. The number of anilines is 1. The normalized spacial score (nSPS) is 19.1. The highest BCUT2D eigenvalue weighted by Crippen LogP contribution is 2.44. The van der Waals surface area contributed by atoms with Crippen molar-refractivity contribution in [1.82, 2.24) is 9.78 Å². The van der Waals surface area contributed by atoms with E-state index in [-0.39, 0.29) is 11.8 Å². The van der Waals surface area contributed by atoms with Crippen LogP contribution in [0.2, 0.25) is 0 Å². The lowest BCUT2D eigenvalue weighted by Crippen LogP contribution is -2.42. The molecule has 1 aromatic heterocycles. The summed E-state index contributed by atoms with van der Waals surface area (Å²) in [6.45, 7) is 0.477. The van der Waals surface area contributed by atoms with Crippen LogP contribution in [0.5, 0.6) is 5.75 Å². The van der Waals surface area contributed by atoms with Gasteiger partial charge in [0, 0.05) is 28.9 Å². The number of carbonyl (C=O) groups excluding carboxylic acids is 1. The van der Waals surface area contributed by atoms with Crippen LogP contribution < -0.4 is 9.64 Å². The van der Waals surface area contributed by atoms with Crippen molar-refractivity contribution >= 4 is 11.8 Å². The molecule has 1 aliphatic heterocycles. The van der Waals surface area contributed by atoms with Gasteiger partial charge in [0.15, 0.2) is 6.61 Å². The maximum Gasteiger partial charge on any atom is 0.422 e. The number of benzene rings is 1. The maximum absolute atomic E-state index is 12.9. The molecule has 1 saturated carbocycles. The van der Waals surface area contributed by atoms with Gasteiger partial charge in [0.25, 0.3) is 0 Å². The summed E-state index contributed by atoms with van der Waals surface area (Å²) in [6.07, 6.45) is 1.66. The maximum atomic E-state index is 12.9. The summed E-state index contributed by atoms with van der Waals surface area (Å²) in [7, 11) is 1.28. The van der Waals surface area contributed by atoms with E-state index >= 15 is 0 Å². The Morgan fingerprint density at radius 3 is 2.69 bits per heavy atom. The van der Waals surface area contributed by atoms with E-state index in [1.165, 1.54) is 12.0 Å². The van der Waals surface area contributed by atoms with Crippen LogP contribution in [0.3, 0.4) is 0 Å². The molecule has 0 N–H and O–H groups in total. The minimum absolute atomic E-state index is 0.131. The molecule has 2 aliphatic rings. The number of hydrogen-bond acceptors (Lipinski definition) is 4. The van der Waals surface area contributed by atoms with Crippen LogP contribution in [0.15, 0.2) is 24.5 Å². The van der Waals surface area contributed by atoms with Gasteiger partial charge in [0.05, 0.1) is 25.0 Å². The Kier molecular flexibility index (Phi) is 4.92. The predicted octanol–water partition coefficient (Wildman–Crippen LogP) is 4.73. The van der Waals surface area contributed by atoms with Gasteiger partial charge < -0.3 is 9.47 Å². The second-order valence-electron chi connectivity index (χ2n) is 7.51. The number of hydrogen-bond donors (Lipinski definition) is 0. The molecule has 2 aromatic rings. The van der Waals surface area contributed by atoms with E-state index in [2.05, 4.69) is 5.10 Å². The molecule has 1 atom stereocenters. The number of carbonyl (C=O) groups is 1. The SMILES string of the molecule is COC(=O)N1c2ccc(-c3cnn(C4CC4)c3)c(OCC(F)(F)F)c2CCC1C. The van der Waals surface area contributed by atoms with E-state index in [0.717, 1.165) is 12.8 Å². The summed E-state index contributed by atoms with van der Waals surface area (Å²) < 4.78 is 50.8. The standard InChI is InChI=1S/C20H22F3N3O3/c1-12-3-6-16-17(26(12)19(27)28-2)8-7-15(18(16)29-11-20(21,22)23)13-9-24-25(10-13)14-4-5-14/h7-10,12,14H,3-6,11H2,1-2H3. The molecule has 29 heavy (non-hydrogen) atoms. The average Bonchev–Trinajstić information content (AvgIpc) is 3.41. The highest BCUT2D eigenvalue weighted by Gasteiger charge is 2.35. The lowest BCUT2D eigenvalue weighted by molar-refractivity contribution is -0.153. The van der Waals surface area contributed by atoms with E-state index < -0.39 is 18.9 Å². The molecule has 9 heteroatoms. The van der Waals surface area contributed by atoms with Gasteiger partial charge in [-0.05, 0) is 44.7 Å². The molecule has 156 valence electrons. The first-order valence-corrected chi connectivity index (χ1v) is 9.55. The average molecular weight is 409 g/mol. The minimum atomic E-state index is -4.47. The quantitative estimate of drug-likeness (QED) is 0.732. The van der Waals surface area contributed by atoms with E-state index in [1.54, 1.807) is 18.3 Å². The van der Waals surface area contributed by atoms with E-state index in [0.29, 0.717) is 41.3 Å². The van der Waals surface area contributed by atoms with Gasteiger partial charge >= 0.3 is 12.3 Å². The molecule has 0 spiro atoms. The third kappa shape index (κ3) is 3.90. The van der Waals surface area contributed by atoms with Crippen molar-refractivity contribution < 1.29 is 27.4 Å². The highest BCUT2D eigenvalue weighted by atomic mass is 19.4. The number of ether oxygens (including phenoxy) is 2. The number of nitrogens with zero attached hydrogens (tertiary/aromatic N) is 3. The van der Waals surface area contributed by atoms with Crippen molar-refractivity contribution in [2.24, 2.45) is 0 Å². The molecule has 6 nitrogen and oxygen atoms in total. The van der Waals surface area contributed by atoms with Crippen LogP contribution >= 0.6 is 0 Å². The Bertz CT molecular complexity index is 921. The Morgan fingerprint density at radius 1 is 1.28 bits per heavy atom. The number of rotatable bonds is 4. The molecule has 1 fully saturated rings. The zero-order valence-electron chi connectivity index (χ0n) is 16.2. The van der Waals surface area contributed by atoms with Crippen LogP contribution in [-0.2, 0) is 11.2 Å². The molecular weight excluding hydrogens is 387 g/mol. The van der Waals surface area contributed by atoms with Crippen LogP contribution in [0, 0.1) is 0 Å². The van der Waals surface area contributed by atoms with Crippen molar-refractivity contribution in [2.75, 3.05) is 18.6 Å². The van der Waals surface area contributed by atoms with Gasteiger partial charge in [-0.15, -0.1) is 0 Å². The lowest BCUT2D eigenvalue weighted by atomic mass is 9.92. The summed E-state index contributed by atoms with van der Waals surface area (Å²) in [4.78, 5) is 13.7. The second kappa shape index (κ2) is 7.27. The molecule has 4 rings (SSSR count). The highest BCUT2D eigenvalue weighted by molar-refractivity contribution is 5.92. The van der Waals surface area contributed by atoms with Gasteiger partial charge in [-0.2, -0.15) is 18.3 Å². The number of aromatic nitrogens is 2. The molecule has 0 radical (unpaired) electrons. The largest absolute Gasteiger partial charge is 0.483 e. The molecule has 1 unspecified atom stereocenters. The Morgan fingerprint density at radius 2 is 2.03 bits per heavy atom. The number of methoxy groups -OCH3 is 1. The molecule has 0 saturated heterocycles. The molecule has 1 amide bonds. The molecule has 1 aromatic carbocycles. The van der Waals surface area contributed by atoms with E-state index in [1.807, 2.05) is 17.8 Å². The first kappa shape index (κ1) is 19.6. The van der Waals surface area contributed by atoms with Crippen LogP contribution in [-0.4, -0.2) is 41.8 Å². The van der Waals surface area contributed by atoms with Gasteiger partial charge in [0.1, 0.15) is 5.75 Å². The fourth-order valence-corrected chi connectivity index (χ4v) is 3.74. The van der Waals surface area contributed by atoms with Gasteiger partial charge in [-0.3, -0.25) is 9.58 Å². The number of fused-ring (bicyclic) bond motifs is 1. The van der Waals surface area contributed by atoms with Crippen LogP contribution in [0.25, 0.3) is 11.1 Å². The van der Waals surface area contributed by atoms with Gasteiger partial charge in [0.2, 0.25) is 0 Å². The summed E-state index contributed by atoms with van der Waals surface area (Å²) in [5, 5.41) is 4.34. The molecule has 2 heterocycles. The topological polar surface area (TPSA) is 56.6 Å². The van der Waals surface area contributed by atoms with E-state index in [9.17, 15) is 18.0 Å². The summed E-state index contributed by atoms with van der Waals surface area (Å²) in [6, 6.07) is 3.66. The zero-order chi connectivity index (χ0) is 20.8. The number of amides is 1. The summed E-state index contributed by atoms with van der Waals surface area (Å²) in [5.74, 6) is 0.149. The fourth-order valence-electron chi connectivity index (χ4n) is 3.74. The van der Waals surface area contributed by atoms with Crippen molar-refractivity contribution in [2.45, 2.75) is 50.9 Å². The number of alkyl halides is 3. The van der Waals surface area contributed by atoms with Crippen molar-refractivity contribution in [3.63, 3.8) is 0 Å². The molecule has 0 bridgehead atoms. The fraction of sp³-hybridized carbons (Fsp3) is 0.500. The smallest absolute Gasteiger partial charge is 0.422 e. The Labute approximate surface area is 166 Å². The lowest BCUT2D eigenvalue weighted by Gasteiger charge is -2.35. The van der Waals surface area contributed by atoms with E-state index in [4.69, 9.17) is 9.47 Å². The van der Waals surface area contributed by atoms with Crippen LogP contribution in [0.1, 0.15) is 37.8 Å². The first-order chi connectivity index (χ1) is 13.8. The third-order valence-corrected chi connectivity index (χ3v) is 5.33. The Balaban J connectivity index is 1.79. The van der Waals surface area contributed by atoms with Crippen molar-refractivity contribution in [3.8, 4) is 16.9 Å². The van der Waals surface area contributed by atoms with Gasteiger partial charge in [-0.1, -0.05) is 0 Å². The predicted molar refractivity (Wildman–Crippen MR) is 100 cm³/mol. The Hall–Kier alpha value is -2.71. The third-order valence-electron chi connectivity index (χ3n) is 5.33. The minimum Gasteiger partial charge on any atom is -0.483 e. The summed E-state index contributed by atoms with van der Waals surface area (Å²) in [5.41, 5.74) is 2.33. The first-order valence-electron chi connectivity index (χ1n) is 9.55. The molecule has 1 aliphatic carbocycles. The second-order valence-corrected chi connectivity index (χ2v) is 7.51. The number of halogens is 3. The molecular formula is C20H22F3N3O3.